The summed E-state index contributed by atoms with van der Waals surface area (Å²) in [4.78, 5) is 10.2. The second-order valence-electron chi connectivity index (χ2n) is 3.71. The Morgan fingerprint density at radius 2 is 2.50 bits per heavy atom. The Morgan fingerprint density at radius 1 is 1.71 bits per heavy atom. The van der Waals surface area contributed by atoms with Crippen LogP contribution in [0.5, 0.6) is 0 Å². The summed E-state index contributed by atoms with van der Waals surface area (Å²) >= 11 is 0. The van der Waals surface area contributed by atoms with E-state index >= 15 is 0 Å². The quantitative estimate of drug-likeness (QED) is 0.378. The van der Waals surface area contributed by atoms with Gasteiger partial charge in [0.2, 0.25) is 0 Å². The molecule has 1 heterocycles. The smallest absolute Gasteiger partial charge is 0.318 e. The molecule has 4 atom stereocenters. The number of carbonyl (C=O) groups is 1. The highest BCUT2D eigenvalue weighted by Gasteiger charge is 2.43. The minimum atomic E-state index is -1.43. The Kier molecular flexibility index (Phi) is 2.71. The first-order valence-corrected chi connectivity index (χ1v) is 6.87. The molecule has 4 nitrogen and oxygen atoms in total. The van der Waals surface area contributed by atoms with E-state index in [9.17, 15) is 4.79 Å². The molecular weight excluding hydrogens is 200 g/mol. The molecule has 0 aromatic heterocycles. The Bertz CT molecular complexity index is 255. The molecule has 14 heavy (non-hydrogen) atoms. The molecule has 1 saturated carbocycles. The zero-order valence-electron chi connectivity index (χ0n) is 8.14. The van der Waals surface area contributed by atoms with Crippen molar-refractivity contribution in [1.29, 1.82) is 0 Å². The van der Waals surface area contributed by atoms with Crippen LogP contribution in [0.2, 0.25) is 6.55 Å². The maximum absolute atomic E-state index is 10.2. The Labute approximate surface area is 84.7 Å². The van der Waals surface area contributed by atoms with Crippen LogP contribution in [-0.2, 0) is 18.4 Å². The van der Waals surface area contributed by atoms with Crippen molar-refractivity contribution in [3.8, 4) is 0 Å². The van der Waals surface area contributed by atoms with E-state index in [0.29, 0.717) is 13.1 Å². The topological polar surface area (TPSA) is 44.8 Å². The van der Waals surface area contributed by atoms with E-state index in [4.69, 9.17) is 13.6 Å². The summed E-state index contributed by atoms with van der Waals surface area (Å²) in [6, 6.07) is 0. The molecule has 2 aliphatic rings. The molecule has 2 fully saturated rings. The van der Waals surface area contributed by atoms with Crippen LogP contribution in [0, 0.1) is 5.92 Å². The first kappa shape index (κ1) is 9.89. The number of fused-ring (bicyclic) bond motifs is 1. The molecule has 2 rings (SSSR count). The number of carbonyl (C=O) groups excluding carboxylic acids is 1. The van der Waals surface area contributed by atoms with Crippen LogP contribution in [0.25, 0.3) is 0 Å². The van der Waals surface area contributed by atoms with E-state index in [-0.39, 0.29) is 18.1 Å². The van der Waals surface area contributed by atoms with Gasteiger partial charge in [-0.25, -0.2) is 0 Å². The lowest BCUT2D eigenvalue weighted by Gasteiger charge is -2.30. The fourth-order valence-corrected chi connectivity index (χ4v) is 3.45. The lowest BCUT2D eigenvalue weighted by molar-refractivity contribution is -0.132. The maximum Gasteiger partial charge on any atom is 0.318 e. The maximum atomic E-state index is 10.2. The van der Waals surface area contributed by atoms with Crippen molar-refractivity contribution in [3.63, 3.8) is 0 Å². The lowest BCUT2D eigenvalue weighted by Crippen LogP contribution is -2.38. The molecule has 0 aromatic rings. The van der Waals surface area contributed by atoms with Gasteiger partial charge in [0.25, 0.3) is 6.47 Å². The van der Waals surface area contributed by atoms with Gasteiger partial charge in [0.15, 0.2) is 0 Å². The summed E-state index contributed by atoms with van der Waals surface area (Å²) in [6.45, 7) is 7.10. The van der Waals surface area contributed by atoms with Crippen LogP contribution < -0.4 is 0 Å². The number of ether oxygens (including phenoxy) is 1. The summed E-state index contributed by atoms with van der Waals surface area (Å²) in [5.74, 6) is 0.212. The predicted octanol–water partition coefficient (Wildman–Crippen LogP) is 0.370. The van der Waals surface area contributed by atoms with E-state index in [1.54, 1.807) is 0 Å². The molecule has 0 aromatic carbocycles. The monoisotopic (exact) mass is 214 g/mol. The number of rotatable bonds is 2. The van der Waals surface area contributed by atoms with Gasteiger partial charge in [-0.3, -0.25) is 4.79 Å². The fraction of sp³-hybridized carbons (Fsp3) is 0.667. The van der Waals surface area contributed by atoms with Crippen molar-refractivity contribution in [2.75, 3.05) is 6.61 Å². The number of hydrogen-bond donors (Lipinski definition) is 0. The van der Waals surface area contributed by atoms with Gasteiger partial charge in [-0.1, -0.05) is 6.58 Å². The average Bonchev–Trinajstić information content (AvgIpc) is 2.44. The molecule has 0 unspecified atom stereocenters. The standard InChI is InChI=1S/C9H14O4Si/c1-6-7-4-12-14(2)13-9(7)3-8(6)11-5-10/h5,7-9,14H,1,3-4H2,2H3/t7-,8+,9-,14+/m0/s1. The van der Waals surface area contributed by atoms with Gasteiger partial charge >= 0.3 is 9.28 Å². The fourth-order valence-electron chi connectivity index (χ4n) is 2.10. The molecule has 0 spiro atoms. The van der Waals surface area contributed by atoms with Crippen molar-refractivity contribution in [2.45, 2.75) is 25.2 Å². The van der Waals surface area contributed by atoms with Crippen LogP contribution >= 0.6 is 0 Å². The van der Waals surface area contributed by atoms with Gasteiger partial charge in [0.05, 0.1) is 6.10 Å². The summed E-state index contributed by atoms with van der Waals surface area (Å²) in [5, 5.41) is 0. The third kappa shape index (κ3) is 1.62. The highest BCUT2D eigenvalue weighted by Crippen LogP contribution is 2.37. The van der Waals surface area contributed by atoms with E-state index in [2.05, 4.69) is 6.58 Å². The Hall–Kier alpha value is -0.653. The molecule has 1 aliphatic carbocycles. The minimum Gasteiger partial charge on any atom is -0.460 e. The van der Waals surface area contributed by atoms with Crippen LogP contribution in [-0.4, -0.2) is 34.6 Å². The van der Waals surface area contributed by atoms with Crippen LogP contribution in [0.15, 0.2) is 12.2 Å². The zero-order valence-corrected chi connectivity index (χ0v) is 9.30. The minimum absolute atomic E-state index is 0.155. The molecule has 1 saturated heterocycles. The average molecular weight is 214 g/mol. The molecule has 0 radical (unpaired) electrons. The van der Waals surface area contributed by atoms with E-state index in [0.717, 1.165) is 12.0 Å². The summed E-state index contributed by atoms with van der Waals surface area (Å²) < 4.78 is 16.2. The van der Waals surface area contributed by atoms with Crippen LogP contribution in [0.1, 0.15) is 6.42 Å². The third-order valence-corrected chi connectivity index (χ3v) is 4.28. The Balaban J connectivity index is 2.04. The second kappa shape index (κ2) is 3.84. The van der Waals surface area contributed by atoms with E-state index < -0.39 is 9.28 Å². The van der Waals surface area contributed by atoms with Crippen LogP contribution in [0.3, 0.4) is 0 Å². The predicted molar refractivity (Wildman–Crippen MR) is 52.0 cm³/mol. The third-order valence-electron chi connectivity index (χ3n) is 2.88. The van der Waals surface area contributed by atoms with Crippen molar-refractivity contribution >= 4 is 15.8 Å². The van der Waals surface area contributed by atoms with Crippen molar-refractivity contribution < 1.29 is 18.4 Å². The van der Waals surface area contributed by atoms with Gasteiger partial charge in [0.1, 0.15) is 6.10 Å². The van der Waals surface area contributed by atoms with E-state index in [1.165, 1.54) is 0 Å². The van der Waals surface area contributed by atoms with Gasteiger partial charge in [-0.05, 0) is 12.1 Å². The molecule has 78 valence electrons. The molecule has 0 bridgehead atoms. The Morgan fingerprint density at radius 3 is 3.21 bits per heavy atom. The SMILES string of the molecule is C=C1[C@H](OC=O)C[C@@H]2O[Si@H](C)OC[C@@H]12. The second-order valence-corrected chi connectivity index (χ2v) is 5.45. The van der Waals surface area contributed by atoms with Crippen molar-refractivity contribution in [3.05, 3.63) is 12.2 Å². The van der Waals surface area contributed by atoms with Gasteiger partial charge in [0, 0.05) is 18.9 Å². The first-order valence-electron chi connectivity index (χ1n) is 4.77. The first-order chi connectivity index (χ1) is 6.72. The molecule has 5 heteroatoms. The van der Waals surface area contributed by atoms with Crippen molar-refractivity contribution in [1.82, 2.24) is 0 Å². The molecular formula is C9H14O4Si. The lowest BCUT2D eigenvalue weighted by atomic mass is 10.0. The van der Waals surface area contributed by atoms with Gasteiger partial charge in [-0.2, -0.15) is 0 Å². The van der Waals surface area contributed by atoms with E-state index in [1.807, 2.05) is 6.55 Å². The van der Waals surface area contributed by atoms with Crippen LogP contribution in [0.4, 0.5) is 0 Å². The molecule has 0 N–H and O–H groups in total. The normalized spacial score (nSPS) is 41.9. The zero-order chi connectivity index (χ0) is 10.1. The highest BCUT2D eigenvalue weighted by molar-refractivity contribution is 6.42. The molecule has 0 amide bonds. The molecule has 1 aliphatic heterocycles. The summed E-state index contributed by atoms with van der Waals surface area (Å²) in [5.41, 5.74) is 0.933. The summed E-state index contributed by atoms with van der Waals surface area (Å²) in [6.07, 6.45) is 0.719. The van der Waals surface area contributed by atoms with Gasteiger partial charge in [-0.15, -0.1) is 0 Å². The largest absolute Gasteiger partial charge is 0.460 e. The highest BCUT2D eigenvalue weighted by atomic mass is 28.3. The summed E-state index contributed by atoms with van der Waals surface area (Å²) in [7, 11) is -1.43. The van der Waals surface area contributed by atoms with Gasteiger partial charge < -0.3 is 13.6 Å². The van der Waals surface area contributed by atoms with Crippen molar-refractivity contribution in [2.24, 2.45) is 5.92 Å². The number of hydrogen-bond acceptors (Lipinski definition) is 4.